The number of fused-ring (bicyclic) bond motifs is 1. The van der Waals surface area contributed by atoms with Crippen LogP contribution in [0.2, 0.25) is 5.02 Å². The number of benzene rings is 2. The van der Waals surface area contributed by atoms with Crippen molar-refractivity contribution in [2.45, 2.75) is 18.7 Å². The summed E-state index contributed by atoms with van der Waals surface area (Å²) in [5, 5.41) is 3.15. The lowest BCUT2D eigenvalue weighted by Crippen LogP contribution is -2.26. The smallest absolute Gasteiger partial charge is 0.266 e. The van der Waals surface area contributed by atoms with E-state index in [-0.39, 0.29) is 15.5 Å². The Bertz CT molecular complexity index is 1180. The molecule has 0 saturated carbocycles. The molecule has 2 aromatic carbocycles. The summed E-state index contributed by atoms with van der Waals surface area (Å²) >= 11 is 7.38. The van der Waals surface area contributed by atoms with Crippen LogP contribution in [0.1, 0.15) is 21.5 Å². The van der Waals surface area contributed by atoms with Gasteiger partial charge in [0.1, 0.15) is 4.90 Å². The zero-order valence-corrected chi connectivity index (χ0v) is 18.0. The van der Waals surface area contributed by atoms with Gasteiger partial charge in [-0.15, -0.1) is 0 Å². The largest absolute Gasteiger partial charge is 0.298 e. The fraction of sp³-hybridized carbons (Fsp3) is 0.222. The van der Waals surface area contributed by atoms with Crippen LogP contribution in [-0.2, 0) is 14.9 Å². The van der Waals surface area contributed by atoms with Gasteiger partial charge < -0.3 is 0 Å². The van der Waals surface area contributed by atoms with E-state index in [4.69, 9.17) is 16.4 Å². The average Bonchev–Trinajstić information content (AvgIpc) is 3.03. The molecule has 1 heterocycles. The van der Waals surface area contributed by atoms with E-state index in [1.807, 2.05) is 26.0 Å². The van der Waals surface area contributed by atoms with E-state index in [1.54, 1.807) is 0 Å². The molecule has 0 aliphatic rings. The number of nitrogens with one attached hydrogen (secondary N) is 1. The average molecular weight is 440 g/mol. The number of amides is 1. The zero-order valence-electron chi connectivity index (χ0n) is 15.6. The molecule has 0 saturated heterocycles. The number of anilines is 1. The minimum atomic E-state index is -3.99. The first-order valence-electron chi connectivity index (χ1n) is 8.15. The lowest BCUT2D eigenvalue weighted by molar-refractivity contribution is -0.0258. The number of carbonyl (C=O) groups excluding carboxylic acids is 1. The van der Waals surface area contributed by atoms with E-state index in [9.17, 15) is 13.2 Å². The van der Waals surface area contributed by atoms with Crippen LogP contribution in [0.3, 0.4) is 0 Å². The second kappa shape index (κ2) is 7.76. The number of halogens is 1. The van der Waals surface area contributed by atoms with Crippen LogP contribution in [0, 0.1) is 13.8 Å². The maximum atomic E-state index is 12.6. The van der Waals surface area contributed by atoms with Crippen molar-refractivity contribution in [3.8, 4) is 0 Å². The number of sulfonamides is 1. The Labute approximate surface area is 171 Å². The van der Waals surface area contributed by atoms with E-state index in [0.717, 1.165) is 21.3 Å². The van der Waals surface area contributed by atoms with Gasteiger partial charge in [0.15, 0.2) is 5.13 Å². The Hall–Kier alpha value is -2.04. The quantitative estimate of drug-likeness (QED) is 0.607. The summed E-state index contributed by atoms with van der Waals surface area (Å²) in [6.45, 7) is 3.96. The molecule has 148 valence electrons. The third-order valence-corrected chi connectivity index (χ3v) is 7.20. The van der Waals surface area contributed by atoms with Gasteiger partial charge in [-0.3, -0.25) is 14.9 Å². The first kappa shape index (κ1) is 20.7. The molecule has 1 aromatic heterocycles. The summed E-state index contributed by atoms with van der Waals surface area (Å²) in [5.41, 5.74) is 3.10. The van der Waals surface area contributed by atoms with Gasteiger partial charge in [0.05, 0.1) is 22.3 Å². The highest BCUT2D eigenvalue weighted by molar-refractivity contribution is 7.89. The van der Waals surface area contributed by atoms with E-state index in [0.29, 0.717) is 9.60 Å². The highest BCUT2D eigenvalue weighted by Gasteiger charge is 2.25. The van der Waals surface area contributed by atoms with Gasteiger partial charge in [-0.05, 0) is 49.2 Å². The molecule has 1 amide bonds. The monoisotopic (exact) mass is 439 g/mol. The van der Waals surface area contributed by atoms with Gasteiger partial charge in [0.25, 0.3) is 15.9 Å². The number of hydroxylamine groups is 1. The van der Waals surface area contributed by atoms with Crippen molar-refractivity contribution < 1.29 is 18.0 Å². The SMILES string of the molecule is CON(C)S(=O)(=O)c1cc(C(=O)Nc2nc3c(C)cc(C)cc3s2)ccc1Cl. The number of hydrogen-bond donors (Lipinski definition) is 1. The molecule has 7 nitrogen and oxygen atoms in total. The number of hydrogen-bond acceptors (Lipinski definition) is 6. The van der Waals surface area contributed by atoms with Crippen LogP contribution in [0.15, 0.2) is 35.2 Å². The van der Waals surface area contributed by atoms with Gasteiger partial charge in [-0.25, -0.2) is 13.4 Å². The first-order valence-corrected chi connectivity index (χ1v) is 10.8. The molecule has 10 heteroatoms. The number of thiazole rings is 1. The predicted octanol–water partition coefficient (Wildman–Crippen LogP) is 4.00. The molecule has 0 fully saturated rings. The summed E-state index contributed by atoms with van der Waals surface area (Å²) in [5.74, 6) is -0.485. The van der Waals surface area contributed by atoms with Crippen molar-refractivity contribution in [3.05, 3.63) is 52.0 Å². The second-order valence-corrected chi connectivity index (χ2v) is 9.49. The highest BCUT2D eigenvalue weighted by atomic mass is 35.5. The van der Waals surface area contributed by atoms with Crippen LogP contribution in [0.5, 0.6) is 0 Å². The number of nitrogens with zero attached hydrogens (tertiary/aromatic N) is 2. The molecule has 0 aliphatic heterocycles. The van der Waals surface area contributed by atoms with Crippen molar-refractivity contribution in [2.24, 2.45) is 0 Å². The molecular formula is C18H18ClN3O4S2. The Morgan fingerprint density at radius 3 is 2.64 bits per heavy atom. The molecule has 3 aromatic rings. The lowest BCUT2D eigenvalue weighted by atomic mass is 10.1. The Balaban J connectivity index is 1.93. The highest BCUT2D eigenvalue weighted by Crippen LogP contribution is 2.30. The van der Waals surface area contributed by atoms with Crippen molar-refractivity contribution in [2.75, 3.05) is 19.5 Å². The molecule has 0 spiro atoms. The molecule has 0 unspecified atom stereocenters. The summed E-state index contributed by atoms with van der Waals surface area (Å²) in [4.78, 5) is 21.6. The third-order valence-electron chi connectivity index (χ3n) is 4.12. The van der Waals surface area contributed by atoms with Gasteiger partial charge in [-0.1, -0.05) is 33.5 Å². The fourth-order valence-electron chi connectivity index (χ4n) is 2.67. The Morgan fingerprint density at radius 2 is 1.96 bits per heavy atom. The van der Waals surface area contributed by atoms with Crippen LogP contribution >= 0.6 is 22.9 Å². The molecule has 0 radical (unpaired) electrons. The van der Waals surface area contributed by atoms with Crippen LogP contribution < -0.4 is 5.32 Å². The van der Waals surface area contributed by atoms with Gasteiger partial charge in [0, 0.05) is 12.6 Å². The third kappa shape index (κ3) is 3.89. The van der Waals surface area contributed by atoms with Crippen LogP contribution in [0.25, 0.3) is 10.2 Å². The van der Waals surface area contributed by atoms with Gasteiger partial charge in [0.2, 0.25) is 0 Å². The fourth-order valence-corrected chi connectivity index (χ4v) is 5.18. The van der Waals surface area contributed by atoms with Crippen molar-refractivity contribution >= 4 is 54.2 Å². The first-order chi connectivity index (χ1) is 13.1. The number of aryl methyl sites for hydroxylation is 2. The van der Waals surface area contributed by atoms with E-state index in [2.05, 4.69) is 10.3 Å². The van der Waals surface area contributed by atoms with E-state index < -0.39 is 15.9 Å². The van der Waals surface area contributed by atoms with Gasteiger partial charge in [-0.2, -0.15) is 0 Å². The van der Waals surface area contributed by atoms with Gasteiger partial charge >= 0.3 is 0 Å². The molecule has 28 heavy (non-hydrogen) atoms. The number of aromatic nitrogens is 1. The minimum absolute atomic E-state index is 0.00784. The maximum absolute atomic E-state index is 12.6. The van der Waals surface area contributed by atoms with E-state index in [1.165, 1.54) is 43.7 Å². The van der Waals surface area contributed by atoms with Crippen molar-refractivity contribution in [1.82, 2.24) is 9.45 Å². The summed E-state index contributed by atoms with van der Waals surface area (Å²) in [6.07, 6.45) is 0. The maximum Gasteiger partial charge on any atom is 0.266 e. The number of rotatable bonds is 5. The van der Waals surface area contributed by atoms with Crippen LogP contribution in [0.4, 0.5) is 5.13 Å². The Morgan fingerprint density at radius 1 is 1.25 bits per heavy atom. The topological polar surface area (TPSA) is 88.6 Å². The normalized spacial score (nSPS) is 11.9. The predicted molar refractivity (Wildman–Crippen MR) is 110 cm³/mol. The minimum Gasteiger partial charge on any atom is -0.298 e. The summed E-state index contributed by atoms with van der Waals surface area (Å²) in [6, 6.07) is 8.05. The molecular weight excluding hydrogens is 422 g/mol. The molecule has 0 atom stereocenters. The summed E-state index contributed by atoms with van der Waals surface area (Å²) < 4.78 is 26.6. The molecule has 0 bridgehead atoms. The molecule has 0 aliphatic carbocycles. The lowest BCUT2D eigenvalue weighted by Gasteiger charge is -2.15. The standard InChI is InChI=1S/C18H18ClN3O4S2/c1-10-7-11(2)16-14(8-10)27-18(20-16)21-17(23)12-5-6-13(19)15(9-12)28(24,25)22(3)26-4/h5-9H,1-4H3,(H,20,21,23). The molecule has 1 N–H and O–H groups in total. The number of carbonyl (C=O) groups is 1. The summed E-state index contributed by atoms with van der Waals surface area (Å²) in [7, 11) is -1.53. The Kier molecular flexibility index (Phi) is 5.74. The van der Waals surface area contributed by atoms with E-state index >= 15 is 0 Å². The zero-order chi connectivity index (χ0) is 20.6. The van der Waals surface area contributed by atoms with Crippen molar-refractivity contribution in [3.63, 3.8) is 0 Å². The second-order valence-electron chi connectivity index (χ2n) is 6.14. The van der Waals surface area contributed by atoms with Crippen LogP contribution in [-0.4, -0.2) is 37.9 Å². The van der Waals surface area contributed by atoms with Crippen molar-refractivity contribution in [1.29, 1.82) is 0 Å². The molecule has 3 rings (SSSR count).